The first kappa shape index (κ1) is 18.7. The van der Waals surface area contributed by atoms with Crippen LogP contribution in [0.25, 0.3) is 23.0 Å². The van der Waals surface area contributed by atoms with E-state index in [1.807, 2.05) is 30.3 Å². The van der Waals surface area contributed by atoms with Gasteiger partial charge in [0.1, 0.15) is 23.3 Å². The monoisotopic (exact) mass is 374 g/mol. The molecule has 0 spiro atoms. The summed E-state index contributed by atoms with van der Waals surface area (Å²) in [6.07, 6.45) is 2.87. The van der Waals surface area contributed by atoms with Crippen LogP contribution in [0.4, 0.5) is 0 Å². The van der Waals surface area contributed by atoms with E-state index in [1.54, 1.807) is 42.3 Å². The molecule has 0 aliphatic heterocycles. The number of hydrogen-bond acceptors (Lipinski definition) is 6. The van der Waals surface area contributed by atoms with Crippen molar-refractivity contribution in [1.82, 2.24) is 9.78 Å². The fraction of sp³-hybridized carbons (Fsp3) is 0.0952. The first-order chi connectivity index (χ1) is 13.6. The Morgan fingerprint density at radius 3 is 2.54 bits per heavy atom. The van der Waals surface area contributed by atoms with Gasteiger partial charge in [-0.25, -0.2) is 4.68 Å². The Kier molecular flexibility index (Phi) is 5.42. The molecule has 1 aromatic heterocycles. The molecule has 0 aliphatic rings. The molecule has 7 nitrogen and oxygen atoms in total. The van der Waals surface area contributed by atoms with Crippen LogP contribution in [0.2, 0.25) is 0 Å². The van der Waals surface area contributed by atoms with E-state index in [0.717, 1.165) is 5.69 Å². The summed E-state index contributed by atoms with van der Waals surface area (Å²) in [5.41, 5.74) is 1.73. The third-order valence-electron chi connectivity index (χ3n) is 4.07. The number of aliphatic carboxylic acids is 1. The number of aromatic nitrogens is 2. The number of benzene rings is 2. The summed E-state index contributed by atoms with van der Waals surface area (Å²) >= 11 is 0. The molecule has 1 heterocycles. The molecule has 28 heavy (non-hydrogen) atoms. The smallest absolute Gasteiger partial charge is 0.128 e. The number of carbonyl (C=O) groups is 1. The van der Waals surface area contributed by atoms with Gasteiger partial charge in [-0.3, -0.25) is 0 Å². The Morgan fingerprint density at radius 2 is 1.93 bits per heavy atom. The van der Waals surface area contributed by atoms with Crippen molar-refractivity contribution in [3.63, 3.8) is 0 Å². The summed E-state index contributed by atoms with van der Waals surface area (Å²) in [4.78, 5) is 11.2. The average Bonchev–Trinajstić information content (AvgIpc) is 3.15. The molecule has 3 rings (SSSR count). The van der Waals surface area contributed by atoms with Gasteiger partial charge in [-0.05, 0) is 36.4 Å². The zero-order valence-corrected chi connectivity index (χ0v) is 15.2. The fourth-order valence-electron chi connectivity index (χ4n) is 2.71. The van der Waals surface area contributed by atoms with Crippen molar-refractivity contribution in [2.75, 3.05) is 14.2 Å². The predicted octanol–water partition coefficient (Wildman–Crippen LogP) is 2.21. The molecule has 0 radical (unpaired) electrons. The van der Waals surface area contributed by atoms with E-state index in [9.17, 15) is 9.90 Å². The Bertz CT molecular complexity index is 1080. The van der Waals surface area contributed by atoms with E-state index in [0.29, 0.717) is 28.3 Å². The lowest BCUT2D eigenvalue weighted by Crippen LogP contribution is -2.23. The van der Waals surface area contributed by atoms with Crippen molar-refractivity contribution in [1.29, 1.82) is 5.26 Å². The number of carboxylic acid groups (broad SMARTS) is 1. The van der Waals surface area contributed by atoms with Crippen LogP contribution in [0.5, 0.6) is 11.5 Å². The second-order valence-electron chi connectivity index (χ2n) is 5.74. The van der Waals surface area contributed by atoms with Gasteiger partial charge in [0.15, 0.2) is 0 Å². The van der Waals surface area contributed by atoms with Crippen LogP contribution in [-0.4, -0.2) is 30.0 Å². The van der Waals surface area contributed by atoms with E-state index in [4.69, 9.17) is 14.7 Å². The quantitative estimate of drug-likeness (QED) is 0.484. The van der Waals surface area contributed by atoms with Crippen LogP contribution in [0.1, 0.15) is 5.56 Å². The summed E-state index contributed by atoms with van der Waals surface area (Å²) in [6, 6.07) is 16.2. The normalized spacial score (nSPS) is 11.0. The second-order valence-corrected chi connectivity index (χ2v) is 5.74. The standard InChI is InChI=1S/C21H17N3O4/c1-27-17-8-9-19(28-2)18(11-17)20-15(10-14(12-22)21(25)26)13-24(23-20)16-6-4-3-5-7-16/h3-11,13H,1-2H3,(H,25,26)/p-1/b14-10+. The van der Waals surface area contributed by atoms with E-state index in [1.165, 1.54) is 13.2 Å². The maximum atomic E-state index is 11.2. The van der Waals surface area contributed by atoms with Crippen LogP contribution in [0.3, 0.4) is 0 Å². The first-order valence-electron chi connectivity index (χ1n) is 8.28. The predicted molar refractivity (Wildman–Crippen MR) is 101 cm³/mol. The molecule has 0 aliphatic carbocycles. The number of carbonyl (C=O) groups excluding carboxylic acids is 1. The van der Waals surface area contributed by atoms with Crippen molar-refractivity contribution < 1.29 is 19.4 Å². The molecular weight excluding hydrogens is 358 g/mol. The highest BCUT2D eigenvalue weighted by molar-refractivity contribution is 5.96. The molecule has 7 heteroatoms. The molecule has 0 amide bonds. The van der Waals surface area contributed by atoms with Crippen LogP contribution in [-0.2, 0) is 4.79 Å². The van der Waals surface area contributed by atoms with Crippen molar-refractivity contribution in [2.24, 2.45) is 0 Å². The van der Waals surface area contributed by atoms with Crippen LogP contribution >= 0.6 is 0 Å². The van der Waals surface area contributed by atoms with Gasteiger partial charge in [-0.15, -0.1) is 0 Å². The molecule has 0 saturated carbocycles. The Balaban J connectivity index is 2.26. The minimum atomic E-state index is -1.56. The van der Waals surface area contributed by atoms with Crippen LogP contribution in [0, 0.1) is 11.3 Å². The largest absolute Gasteiger partial charge is 0.544 e. The number of carboxylic acids is 1. The number of hydrogen-bond donors (Lipinski definition) is 0. The summed E-state index contributed by atoms with van der Waals surface area (Å²) in [7, 11) is 3.07. The SMILES string of the molecule is COc1ccc(OC)c(-c2nn(-c3ccccc3)cc2/C=C(\C#N)C(=O)[O-])c1. The van der Waals surface area contributed by atoms with Crippen molar-refractivity contribution in [3.05, 3.63) is 65.9 Å². The lowest BCUT2D eigenvalue weighted by molar-refractivity contribution is -0.298. The summed E-state index contributed by atoms with van der Waals surface area (Å²) in [5.74, 6) is -0.445. The maximum absolute atomic E-state index is 11.2. The van der Waals surface area contributed by atoms with Gasteiger partial charge in [0.25, 0.3) is 0 Å². The third-order valence-corrected chi connectivity index (χ3v) is 4.07. The van der Waals surface area contributed by atoms with Crippen molar-refractivity contribution >= 4 is 12.0 Å². The molecule has 0 atom stereocenters. The van der Waals surface area contributed by atoms with E-state index < -0.39 is 11.5 Å². The molecule has 0 saturated heterocycles. The fourth-order valence-corrected chi connectivity index (χ4v) is 2.71. The molecule has 140 valence electrons. The Morgan fingerprint density at radius 1 is 1.18 bits per heavy atom. The van der Waals surface area contributed by atoms with Gasteiger partial charge in [-0.2, -0.15) is 10.4 Å². The second kappa shape index (κ2) is 8.10. The van der Waals surface area contributed by atoms with E-state index in [2.05, 4.69) is 5.10 Å². The number of rotatable bonds is 6. The highest BCUT2D eigenvalue weighted by Crippen LogP contribution is 2.35. The minimum Gasteiger partial charge on any atom is -0.544 e. The molecule has 0 fully saturated rings. The highest BCUT2D eigenvalue weighted by Gasteiger charge is 2.17. The zero-order valence-electron chi connectivity index (χ0n) is 15.2. The Labute approximate surface area is 161 Å². The number of methoxy groups -OCH3 is 2. The summed E-state index contributed by atoms with van der Waals surface area (Å²) in [6.45, 7) is 0. The summed E-state index contributed by atoms with van der Waals surface area (Å²) < 4.78 is 12.3. The highest BCUT2D eigenvalue weighted by atomic mass is 16.5. The maximum Gasteiger partial charge on any atom is 0.128 e. The van der Waals surface area contributed by atoms with Gasteiger partial charge in [0.05, 0.1) is 31.4 Å². The zero-order chi connectivity index (χ0) is 20.1. The first-order valence-corrected chi connectivity index (χ1v) is 8.28. The number of para-hydroxylation sites is 1. The van der Waals surface area contributed by atoms with Gasteiger partial charge in [0, 0.05) is 17.3 Å². The number of ether oxygens (including phenoxy) is 2. The average molecular weight is 374 g/mol. The van der Waals surface area contributed by atoms with Crippen molar-refractivity contribution in [2.45, 2.75) is 0 Å². The minimum absolute atomic E-state index is 0.427. The van der Waals surface area contributed by atoms with Gasteiger partial charge in [-0.1, -0.05) is 18.2 Å². The number of nitriles is 1. The van der Waals surface area contributed by atoms with Gasteiger partial charge >= 0.3 is 0 Å². The molecule has 3 aromatic rings. The van der Waals surface area contributed by atoms with Crippen LogP contribution in [0.15, 0.2) is 60.3 Å². The summed E-state index contributed by atoms with van der Waals surface area (Å²) in [5, 5.41) is 24.9. The van der Waals surface area contributed by atoms with Gasteiger partial charge in [0.2, 0.25) is 0 Å². The van der Waals surface area contributed by atoms with Crippen LogP contribution < -0.4 is 14.6 Å². The van der Waals surface area contributed by atoms with E-state index >= 15 is 0 Å². The third kappa shape index (κ3) is 3.71. The topological polar surface area (TPSA) is 100 Å². The molecule has 0 bridgehead atoms. The van der Waals surface area contributed by atoms with E-state index in [-0.39, 0.29) is 0 Å². The molecule has 0 unspecified atom stereocenters. The molecule has 0 N–H and O–H groups in total. The lowest BCUT2D eigenvalue weighted by Gasteiger charge is -2.09. The Hall–Kier alpha value is -4.05. The van der Waals surface area contributed by atoms with Gasteiger partial charge < -0.3 is 19.4 Å². The molecular formula is C21H16N3O4-. The molecule has 2 aromatic carbocycles. The lowest BCUT2D eigenvalue weighted by atomic mass is 10.0. The number of nitrogens with zero attached hydrogens (tertiary/aromatic N) is 3. The van der Waals surface area contributed by atoms with Crippen molar-refractivity contribution in [3.8, 4) is 34.5 Å².